The second-order valence-electron chi connectivity index (χ2n) is 7.86. The number of carbonyl (C=O) groups excluding carboxylic acids is 2. The topological polar surface area (TPSA) is 74.8 Å². The van der Waals surface area contributed by atoms with Crippen molar-refractivity contribution in [2.45, 2.75) is 32.5 Å². The van der Waals surface area contributed by atoms with E-state index in [0.29, 0.717) is 37.6 Å². The molecular formula is C23H26ClF3N4O3. The lowest BCUT2D eigenvalue weighted by Gasteiger charge is -2.27. The van der Waals surface area contributed by atoms with Crippen molar-refractivity contribution in [3.63, 3.8) is 0 Å². The van der Waals surface area contributed by atoms with Gasteiger partial charge < -0.3 is 15.0 Å². The summed E-state index contributed by atoms with van der Waals surface area (Å²) in [5, 5.41) is 2.34. The zero-order valence-corrected chi connectivity index (χ0v) is 19.6. The van der Waals surface area contributed by atoms with Crippen molar-refractivity contribution in [2.24, 2.45) is 0 Å². The van der Waals surface area contributed by atoms with Crippen LogP contribution in [0.5, 0.6) is 0 Å². The molecule has 2 heterocycles. The fourth-order valence-corrected chi connectivity index (χ4v) is 3.90. The van der Waals surface area contributed by atoms with Crippen molar-refractivity contribution in [3.8, 4) is 0 Å². The number of alkyl halides is 3. The van der Waals surface area contributed by atoms with E-state index in [0.717, 1.165) is 18.6 Å². The number of pyridine rings is 1. The molecule has 1 aromatic carbocycles. The van der Waals surface area contributed by atoms with Gasteiger partial charge in [0.25, 0.3) is 0 Å². The fraction of sp³-hybridized carbons (Fsp3) is 0.435. The first kappa shape index (κ1) is 25.8. The van der Waals surface area contributed by atoms with E-state index in [1.165, 1.54) is 12.3 Å². The first-order valence-corrected chi connectivity index (χ1v) is 11.3. The highest BCUT2D eigenvalue weighted by molar-refractivity contribution is 6.30. The maximum atomic E-state index is 13.3. The van der Waals surface area contributed by atoms with Crippen LogP contribution in [-0.4, -0.2) is 60.6 Å². The molecule has 1 aliphatic heterocycles. The van der Waals surface area contributed by atoms with Gasteiger partial charge in [-0.05, 0) is 50.6 Å². The molecule has 34 heavy (non-hydrogen) atoms. The standard InChI is InChI=1S/C23H26ClF3N4O3/c1-3-34-22(33)16-5-8-20(28-14-16)31-10-4-9-30(11-12-31)15(2)21(32)29-19-7-6-17(24)13-18(19)23(25,26)27/h5-8,13-15H,3-4,9-12H2,1-2H3,(H,29,32). The molecule has 0 spiro atoms. The van der Waals surface area contributed by atoms with Gasteiger partial charge in [0.2, 0.25) is 5.91 Å². The second kappa shape index (κ2) is 11.1. The second-order valence-corrected chi connectivity index (χ2v) is 8.29. The number of nitrogens with one attached hydrogen (secondary N) is 1. The molecule has 1 fully saturated rings. The minimum absolute atomic E-state index is 0.0603. The summed E-state index contributed by atoms with van der Waals surface area (Å²) in [6, 6.07) is 6.02. The van der Waals surface area contributed by atoms with E-state index in [1.54, 1.807) is 26.0 Å². The van der Waals surface area contributed by atoms with E-state index < -0.39 is 29.7 Å². The van der Waals surface area contributed by atoms with Gasteiger partial charge >= 0.3 is 12.1 Å². The van der Waals surface area contributed by atoms with Crippen LogP contribution in [0.1, 0.15) is 36.2 Å². The van der Waals surface area contributed by atoms with E-state index in [-0.39, 0.29) is 17.3 Å². The molecule has 1 amide bonds. The zero-order chi connectivity index (χ0) is 24.9. The lowest BCUT2D eigenvalue weighted by Crippen LogP contribution is -2.44. The summed E-state index contributed by atoms with van der Waals surface area (Å²) in [5.41, 5.74) is -0.941. The number of amides is 1. The number of benzene rings is 1. The molecule has 2 aromatic rings. The lowest BCUT2D eigenvalue weighted by atomic mass is 10.1. The van der Waals surface area contributed by atoms with Gasteiger partial charge in [-0.15, -0.1) is 0 Å². The van der Waals surface area contributed by atoms with Gasteiger partial charge in [0.15, 0.2) is 0 Å². The minimum Gasteiger partial charge on any atom is -0.462 e. The Kier molecular flexibility index (Phi) is 8.37. The normalized spacial score (nSPS) is 16.0. The van der Waals surface area contributed by atoms with E-state index in [4.69, 9.17) is 16.3 Å². The number of anilines is 2. The Bertz CT molecular complexity index is 1020. The van der Waals surface area contributed by atoms with Crippen LogP contribution in [0.2, 0.25) is 5.02 Å². The molecule has 0 bridgehead atoms. The van der Waals surface area contributed by atoms with Crippen LogP contribution >= 0.6 is 11.6 Å². The first-order chi connectivity index (χ1) is 16.1. The Hall–Kier alpha value is -2.85. The van der Waals surface area contributed by atoms with Gasteiger partial charge in [-0.25, -0.2) is 9.78 Å². The molecule has 1 N–H and O–H groups in total. The van der Waals surface area contributed by atoms with E-state index in [9.17, 15) is 22.8 Å². The minimum atomic E-state index is -4.64. The Morgan fingerprint density at radius 3 is 2.59 bits per heavy atom. The molecule has 1 aromatic heterocycles. The summed E-state index contributed by atoms with van der Waals surface area (Å²) in [7, 11) is 0. The fourth-order valence-electron chi connectivity index (χ4n) is 3.73. The van der Waals surface area contributed by atoms with E-state index in [1.807, 2.05) is 9.80 Å². The number of ether oxygens (including phenoxy) is 1. The third-order valence-corrected chi connectivity index (χ3v) is 5.82. The molecule has 0 radical (unpaired) electrons. The van der Waals surface area contributed by atoms with Gasteiger partial charge in [-0.3, -0.25) is 9.69 Å². The number of rotatable bonds is 6. The van der Waals surface area contributed by atoms with Crippen LogP contribution < -0.4 is 10.2 Å². The number of esters is 1. The van der Waals surface area contributed by atoms with Crippen LogP contribution in [0.3, 0.4) is 0 Å². The first-order valence-electron chi connectivity index (χ1n) is 10.9. The molecule has 0 saturated carbocycles. The SMILES string of the molecule is CCOC(=O)c1ccc(N2CCCN(C(C)C(=O)Nc3ccc(Cl)cc3C(F)(F)F)CC2)nc1. The molecule has 1 saturated heterocycles. The summed E-state index contributed by atoms with van der Waals surface area (Å²) in [6.45, 7) is 6.05. The summed E-state index contributed by atoms with van der Waals surface area (Å²) >= 11 is 5.71. The summed E-state index contributed by atoms with van der Waals surface area (Å²) in [5.74, 6) is -0.265. The van der Waals surface area contributed by atoms with Crippen molar-refractivity contribution in [2.75, 3.05) is 43.0 Å². The number of hydrogen-bond acceptors (Lipinski definition) is 6. The Balaban J connectivity index is 1.63. The zero-order valence-electron chi connectivity index (χ0n) is 18.9. The van der Waals surface area contributed by atoms with E-state index >= 15 is 0 Å². The average Bonchev–Trinajstić information content (AvgIpc) is 3.05. The molecule has 1 unspecified atom stereocenters. The third kappa shape index (κ3) is 6.38. The largest absolute Gasteiger partial charge is 0.462 e. The van der Waals surface area contributed by atoms with Crippen molar-refractivity contribution in [1.82, 2.24) is 9.88 Å². The maximum Gasteiger partial charge on any atom is 0.418 e. The lowest BCUT2D eigenvalue weighted by molar-refractivity contribution is -0.137. The Labute approximate surface area is 200 Å². The molecule has 1 atom stereocenters. The summed E-state index contributed by atoms with van der Waals surface area (Å²) < 4.78 is 45.0. The molecule has 3 rings (SSSR count). The molecule has 7 nitrogen and oxygen atoms in total. The molecule has 184 valence electrons. The summed E-state index contributed by atoms with van der Waals surface area (Å²) in [6.07, 6.45) is -2.44. The van der Waals surface area contributed by atoms with Crippen molar-refractivity contribution >= 4 is 35.0 Å². The summed E-state index contributed by atoms with van der Waals surface area (Å²) in [4.78, 5) is 32.9. The van der Waals surface area contributed by atoms with Crippen LogP contribution in [0, 0.1) is 0 Å². The van der Waals surface area contributed by atoms with Gasteiger partial charge in [0.1, 0.15) is 5.82 Å². The highest BCUT2D eigenvalue weighted by atomic mass is 35.5. The van der Waals surface area contributed by atoms with Crippen molar-refractivity contribution < 1.29 is 27.5 Å². The average molecular weight is 499 g/mol. The van der Waals surface area contributed by atoms with Gasteiger partial charge in [-0.2, -0.15) is 13.2 Å². The Morgan fingerprint density at radius 2 is 1.94 bits per heavy atom. The molecular weight excluding hydrogens is 473 g/mol. The number of aromatic nitrogens is 1. The van der Waals surface area contributed by atoms with Crippen LogP contribution in [-0.2, 0) is 15.7 Å². The van der Waals surface area contributed by atoms with Gasteiger partial charge in [-0.1, -0.05) is 11.6 Å². The van der Waals surface area contributed by atoms with Crippen LogP contribution in [0.15, 0.2) is 36.5 Å². The predicted molar refractivity (Wildman–Crippen MR) is 123 cm³/mol. The van der Waals surface area contributed by atoms with Crippen molar-refractivity contribution in [1.29, 1.82) is 0 Å². The highest BCUT2D eigenvalue weighted by Gasteiger charge is 2.35. The quantitative estimate of drug-likeness (QED) is 0.592. The molecule has 0 aliphatic carbocycles. The predicted octanol–water partition coefficient (Wildman–Crippen LogP) is 4.47. The van der Waals surface area contributed by atoms with E-state index in [2.05, 4.69) is 10.3 Å². The van der Waals surface area contributed by atoms with Gasteiger partial charge in [0, 0.05) is 37.4 Å². The third-order valence-electron chi connectivity index (χ3n) is 5.59. The molecule has 1 aliphatic rings. The number of halogens is 4. The monoisotopic (exact) mass is 498 g/mol. The maximum absolute atomic E-state index is 13.3. The van der Waals surface area contributed by atoms with Crippen molar-refractivity contribution in [3.05, 3.63) is 52.7 Å². The highest BCUT2D eigenvalue weighted by Crippen LogP contribution is 2.36. The van der Waals surface area contributed by atoms with Gasteiger partial charge in [0.05, 0.1) is 29.5 Å². The molecule has 11 heteroatoms. The number of hydrogen-bond donors (Lipinski definition) is 1. The van der Waals surface area contributed by atoms with Crippen LogP contribution in [0.25, 0.3) is 0 Å². The van der Waals surface area contributed by atoms with Crippen LogP contribution in [0.4, 0.5) is 24.7 Å². The number of nitrogens with zero attached hydrogens (tertiary/aromatic N) is 3. The number of carbonyl (C=O) groups is 2. The Morgan fingerprint density at radius 1 is 1.18 bits per heavy atom. The smallest absolute Gasteiger partial charge is 0.418 e.